The molecule has 90 valence electrons. The summed E-state index contributed by atoms with van der Waals surface area (Å²) < 4.78 is 7.50. The van der Waals surface area contributed by atoms with Crippen molar-refractivity contribution in [2.75, 3.05) is 13.2 Å². The molecule has 0 atom stereocenters. The van der Waals surface area contributed by atoms with Gasteiger partial charge in [0.2, 0.25) is 0 Å². The van der Waals surface area contributed by atoms with Crippen molar-refractivity contribution in [3.8, 4) is 0 Å². The molecule has 17 heavy (non-hydrogen) atoms. The summed E-state index contributed by atoms with van der Waals surface area (Å²) >= 11 is 0. The van der Waals surface area contributed by atoms with Crippen molar-refractivity contribution < 1.29 is 4.74 Å². The van der Waals surface area contributed by atoms with Gasteiger partial charge in [-0.25, -0.2) is 9.97 Å². The van der Waals surface area contributed by atoms with Crippen molar-refractivity contribution in [1.29, 1.82) is 0 Å². The lowest BCUT2D eigenvalue weighted by Gasteiger charge is -2.21. The third-order valence-electron chi connectivity index (χ3n) is 3.53. The number of hydrogen-bond acceptors (Lipinski definition) is 3. The molecule has 1 aliphatic heterocycles. The molecule has 4 heteroatoms. The van der Waals surface area contributed by atoms with Gasteiger partial charge in [-0.1, -0.05) is 0 Å². The number of fused-ring (bicyclic) bond motifs is 1. The van der Waals surface area contributed by atoms with Crippen LogP contribution in [0.15, 0.2) is 18.3 Å². The molecule has 2 aromatic heterocycles. The number of nitrogens with zero attached hydrogens (tertiary/aromatic N) is 3. The quantitative estimate of drug-likeness (QED) is 0.793. The van der Waals surface area contributed by atoms with Crippen LogP contribution < -0.4 is 0 Å². The van der Waals surface area contributed by atoms with Crippen LogP contribution in [-0.4, -0.2) is 27.7 Å². The average Bonchev–Trinajstić information content (AvgIpc) is 2.68. The Morgan fingerprint density at radius 2 is 2.24 bits per heavy atom. The maximum absolute atomic E-state index is 5.39. The van der Waals surface area contributed by atoms with E-state index in [4.69, 9.17) is 4.74 Å². The molecule has 0 amide bonds. The largest absolute Gasteiger partial charge is 0.381 e. The molecular formula is C13H17N3O. The second-order valence-corrected chi connectivity index (χ2v) is 4.69. The van der Waals surface area contributed by atoms with Gasteiger partial charge in [-0.2, -0.15) is 0 Å². The van der Waals surface area contributed by atoms with E-state index in [-0.39, 0.29) is 0 Å². The van der Waals surface area contributed by atoms with Gasteiger partial charge in [-0.3, -0.25) is 0 Å². The molecule has 3 heterocycles. The second-order valence-electron chi connectivity index (χ2n) is 4.69. The first-order chi connectivity index (χ1) is 8.34. The minimum Gasteiger partial charge on any atom is -0.381 e. The van der Waals surface area contributed by atoms with Gasteiger partial charge in [0, 0.05) is 32.9 Å². The molecular weight excluding hydrogens is 214 g/mol. The van der Waals surface area contributed by atoms with Crippen molar-refractivity contribution in [2.45, 2.75) is 19.3 Å². The highest BCUT2D eigenvalue weighted by Crippen LogP contribution is 2.21. The van der Waals surface area contributed by atoms with Gasteiger partial charge in [-0.05, 0) is 30.9 Å². The number of rotatable bonds is 2. The first kappa shape index (κ1) is 10.7. The summed E-state index contributed by atoms with van der Waals surface area (Å²) in [5, 5.41) is 0. The lowest BCUT2D eigenvalue weighted by Crippen LogP contribution is -2.19. The number of hydrogen-bond donors (Lipinski definition) is 0. The topological polar surface area (TPSA) is 39.9 Å². The SMILES string of the molecule is Cn1c(CC2CCOCC2)nc2cccnc21. The predicted molar refractivity (Wildman–Crippen MR) is 65.8 cm³/mol. The van der Waals surface area contributed by atoms with Crippen LogP contribution in [0.25, 0.3) is 11.2 Å². The zero-order valence-corrected chi connectivity index (χ0v) is 10.1. The predicted octanol–water partition coefficient (Wildman–Crippen LogP) is 1.94. The van der Waals surface area contributed by atoms with Crippen molar-refractivity contribution in [1.82, 2.24) is 14.5 Å². The van der Waals surface area contributed by atoms with Crippen LogP contribution in [0.2, 0.25) is 0 Å². The van der Waals surface area contributed by atoms with Gasteiger partial charge in [0.1, 0.15) is 11.3 Å². The average molecular weight is 231 g/mol. The molecule has 0 spiro atoms. The van der Waals surface area contributed by atoms with Crippen molar-refractivity contribution in [3.05, 3.63) is 24.2 Å². The Bertz CT molecular complexity index is 514. The molecule has 1 aliphatic rings. The van der Waals surface area contributed by atoms with E-state index in [9.17, 15) is 0 Å². The van der Waals surface area contributed by atoms with E-state index < -0.39 is 0 Å². The molecule has 0 unspecified atom stereocenters. The first-order valence-corrected chi connectivity index (χ1v) is 6.18. The Morgan fingerprint density at radius 3 is 3.00 bits per heavy atom. The van der Waals surface area contributed by atoms with E-state index >= 15 is 0 Å². The van der Waals surface area contributed by atoms with E-state index in [2.05, 4.69) is 21.6 Å². The van der Waals surface area contributed by atoms with Crippen LogP contribution >= 0.6 is 0 Å². The molecule has 0 aliphatic carbocycles. The van der Waals surface area contributed by atoms with Crippen molar-refractivity contribution in [2.24, 2.45) is 13.0 Å². The fraction of sp³-hybridized carbons (Fsp3) is 0.538. The number of imidazole rings is 1. The summed E-state index contributed by atoms with van der Waals surface area (Å²) in [6, 6.07) is 3.96. The van der Waals surface area contributed by atoms with Gasteiger partial charge in [-0.15, -0.1) is 0 Å². The van der Waals surface area contributed by atoms with Crippen molar-refractivity contribution in [3.63, 3.8) is 0 Å². The third-order valence-corrected chi connectivity index (χ3v) is 3.53. The van der Waals surface area contributed by atoms with Crippen LogP contribution in [0.5, 0.6) is 0 Å². The molecule has 1 fully saturated rings. The van der Waals surface area contributed by atoms with Gasteiger partial charge in [0.05, 0.1) is 0 Å². The Balaban J connectivity index is 1.87. The number of aromatic nitrogens is 3. The lowest BCUT2D eigenvalue weighted by atomic mass is 9.96. The summed E-state index contributed by atoms with van der Waals surface area (Å²) in [5.41, 5.74) is 1.98. The third kappa shape index (κ3) is 2.05. The van der Waals surface area contributed by atoms with Gasteiger partial charge in [0.25, 0.3) is 0 Å². The van der Waals surface area contributed by atoms with E-state index in [1.165, 1.54) is 0 Å². The second kappa shape index (κ2) is 4.45. The molecule has 4 nitrogen and oxygen atoms in total. The van der Waals surface area contributed by atoms with E-state index in [1.54, 1.807) is 0 Å². The highest BCUT2D eigenvalue weighted by molar-refractivity contribution is 5.70. The summed E-state index contributed by atoms with van der Waals surface area (Å²) in [6.07, 6.45) is 5.16. The highest BCUT2D eigenvalue weighted by Gasteiger charge is 2.17. The van der Waals surface area contributed by atoms with Gasteiger partial charge >= 0.3 is 0 Å². The fourth-order valence-corrected chi connectivity index (χ4v) is 2.46. The summed E-state index contributed by atoms with van der Waals surface area (Å²) in [5.74, 6) is 1.85. The van der Waals surface area contributed by atoms with Gasteiger partial charge < -0.3 is 9.30 Å². The lowest BCUT2D eigenvalue weighted by molar-refractivity contribution is 0.0658. The standard InChI is InChI=1S/C13H17N3O/c1-16-12(9-10-4-7-17-8-5-10)15-11-3-2-6-14-13(11)16/h2-3,6,10H,4-5,7-9H2,1H3. The minimum atomic E-state index is 0.708. The van der Waals surface area contributed by atoms with E-state index in [0.29, 0.717) is 5.92 Å². The number of pyridine rings is 1. The first-order valence-electron chi connectivity index (χ1n) is 6.18. The van der Waals surface area contributed by atoms with Crippen LogP contribution in [-0.2, 0) is 18.2 Å². The number of aryl methyl sites for hydroxylation is 1. The summed E-state index contributed by atoms with van der Waals surface area (Å²) in [4.78, 5) is 9.04. The summed E-state index contributed by atoms with van der Waals surface area (Å²) in [7, 11) is 2.05. The zero-order valence-electron chi connectivity index (χ0n) is 10.1. The number of ether oxygens (including phenoxy) is 1. The van der Waals surface area contributed by atoms with E-state index in [0.717, 1.165) is 49.5 Å². The highest BCUT2D eigenvalue weighted by atomic mass is 16.5. The fourth-order valence-electron chi connectivity index (χ4n) is 2.46. The summed E-state index contributed by atoms with van der Waals surface area (Å²) in [6.45, 7) is 1.79. The molecule has 1 saturated heterocycles. The van der Waals surface area contributed by atoms with Gasteiger partial charge in [0.15, 0.2) is 5.65 Å². The Labute approximate surface area is 101 Å². The molecule has 0 N–H and O–H groups in total. The monoisotopic (exact) mass is 231 g/mol. The molecule has 0 saturated carbocycles. The van der Waals surface area contributed by atoms with Crippen LogP contribution in [0.3, 0.4) is 0 Å². The molecule has 3 rings (SSSR count). The van der Waals surface area contributed by atoms with E-state index in [1.807, 2.05) is 18.3 Å². The van der Waals surface area contributed by atoms with Crippen molar-refractivity contribution >= 4 is 11.2 Å². The Kier molecular flexibility index (Phi) is 2.81. The smallest absolute Gasteiger partial charge is 0.159 e. The molecule has 0 radical (unpaired) electrons. The Morgan fingerprint density at radius 1 is 1.41 bits per heavy atom. The van der Waals surface area contributed by atoms with Crippen LogP contribution in [0.1, 0.15) is 18.7 Å². The minimum absolute atomic E-state index is 0.708. The molecule has 2 aromatic rings. The zero-order chi connectivity index (χ0) is 11.7. The molecule has 0 bridgehead atoms. The van der Waals surface area contributed by atoms with Crippen LogP contribution in [0.4, 0.5) is 0 Å². The normalized spacial score (nSPS) is 17.7. The van der Waals surface area contributed by atoms with Crippen LogP contribution in [0, 0.1) is 5.92 Å². The maximum atomic E-state index is 5.39. The molecule has 0 aromatic carbocycles. The maximum Gasteiger partial charge on any atom is 0.159 e. The Hall–Kier alpha value is -1.42.